The number of benzene rings is 2. The van der Waals surface area contributed by atoms with Crippen molar-refractivity contribution < 1.29 is 9.18 Å². The first-order valence-electron chi connectivity index (χ1n) is 8.62. The van der Waals surface area contributed by atoms with Gasteiger partial charge in [-0.25, -0.2) is 4.39 Å². The zero-order chi connectivity index (χ0) is 19.4. The van der Waals surface area contributed by atoms with Crippen LogP contribution < -0.4 is 5.32 Å². The quantitative estimate of drug-likeness (QED) is 0.637. The van der Waals surface area contributed by atoms with E-state index in [1.807, 2.05) is 24.3 Å². The molecule has 5 nitrogen and oxygen atoms in total. The van der Waals surface area contributed by atoms with Gasteiger partial charge >= 0.3 is 0 Å². The molecule has 27 heavy (non-hydrogen) atoms. The molecule has 0 fully saturated rings. The number of carbonyl (C=O) groups is 1. The summed E-state index contributed by atoms with van der Waals surface area (Å²) >= 11 is 1.26. The van der Waals surface area contributed by atoms with Crippen molar-refractivity contribution in [2.24, 2.45) is 7.05 Å². The van der Waals surface area contributed by atoms with Gasteiger partial charge < -0.3 is 9.88 Å². The highest BCUT2D eigenvalue weighted by Gasteiger charge is 2.15. The molecule has 0 aliphatic rings. The molecule has 0 saturated heterocycles. The summed E-state index contributed by atoms with van der Waals surface area (Å²) < 4.78 is 15.6. The van der Waals surface area contributed by atoms with E-state index in [0.29, 0.717) is 22.5 Å². The summed E-state index contributed by atoms with van der Waals surface area (Å²) in [7, 11) is 1.76. The van der Waals surface area contributed by atoms with Crippen molar-refractivity contribution in [3.05, 3.63) is 59.9 Å². The van der Waals surface area contributed by atoms with Gasteiger partial charge in [0.2, 0.25) is 5.91 Å². The maximum absolute atomic E-state index is 14.0. The second-order valence-corrected chi connectivity index (χ2v) is 7.40. The van der Waals surface area contributed by atoms with Gasteiger partial charge in [0.15, 0.2) is 11.0 Å². The van der Waals surface area contributed by atoms with Crippen LogP contribution >= 0.6 is 11.8 Å². The van der Waals surface area contributed by atoms with Gasteiger partial charge in [-0.3, -0.25) is 4.79 Å². The molecular formula is C20H21FN4OS. The number of rotatable bonds is 6. The zero-order valence-electron chi connectivity index (χ0n) is 15.4. The first kappa shape index (κ1) is 19.1. The van der Waals surface area contributed by atoms with E-state index in [0.717, 1.165) is 5.69 Å². The van der Waals surface area contributed by atoms with Gasteiger partial charge in [0.1, 0.15) is 5.82 Å². The van der Waals surface area contributed by atoms with Crippen LogP contribution in [0.4, 0.5) is 10.1 Å². The molecule has 1 heterocycles. The van der Waals surface area contributed by atoms with E-state index in [4.69, 9.17) is 0 Å². The third-order valence-electron chi connectivity index (χ3n) is 4.12. The van der Waals surface area contributed by atoms with Crippen molar-refractivity contribution in [1.29, 1.82) is 0 Å². The van der Waals surface area contributed by atoms with Crippen molar-refractivity contribution in [2.75, 3.05) is 11.1 Å². The fourth-order valence-electron chi connectivity index (χ4n) is 2.62. The average molecular weight is 384 g/mol. The molecule has 0 bridgehead atoms. The second-order valence-electron chi connectivity index (χ2n) is 6.46. The van der Waals surface area contributed by atoms with Crippen LogP contribution in [0.25, 0.3) is 11.4 Å². The molecule has 0 radical (unpaired) electrons. The molecule has 0 aliphatic heterocycles. The average Bonchev–Trinajstić information content (AvgIpc) is 3.01. The number of hydrogen-bond donors (Lipinski definition) is 1. The first-order valence-corrected chi connectivity index (χ1v) is 9.61. The summed E-state index contributed by atoms with van der Waals surface area (Å²) in [6.45, 7) is 4.22. The fourth-order valence-corrected chi connectivity index (χ4v) is 3.33. The van der Waals surface area contributed by atoms with E-state index >= 15 is 0 Å². The molecule has 0 spiro atoms. The SMILES string of the molecule is CC(C)c1cccc(NC(=O)CSc2nnc(-c3ccccc3F)n2C)c1. The predicted molar refractivity (Wildman–Crippen MR) is 106 cm³/mol. The normalized spacial score (nSPS) is 11.0. The summed E-state index contributed by atoms with van der Waals surface area (Å²) in [5.74, 6) is 0.533. The summed E-state index contributed by atoms with van der Waals surface area (Å²) in [6.07, 6.45) is 0. The Morgan fingerprint density at radius 1 is 1.19 bits per heavy atom. The molecule has 3 aromatic rings. The number of hydrogen-bond acceptors (Lipinski definition) is 4. The Morgan fingerprint density at radius 2 is 1.96 bits per heavy atom. The van der Waals surface area contributed by atoms with Crippen molar-refractivity contribution >= 4 is 23.4 Å². The lowest BCUT2D eigenvalue weighted by molar-refractivity contribution is -0.113. The second kappa shape index (κ2) is 8.35. The van der Waals surface area contributed by atoms with E-state index in [2.05, 4.69) is 29.4 Å². The van der Waals surface area contributed by atoms with Crippen molar-refractivity contribution in [3.8, 4) is 11.4 Å². The Morgan fingerprint density at radius 3 is 2.70 bits per heavy atom. The maximum Gasteiger partial charge on any atom is 0.234 e. The molecular weight excluding hydrogens is 363 g/mol. The summed E-state index contributed by atoms with van der Waals surface area (Å²) in [5, 5.41) is 11.6. The minimum absolute atomic E-state index is 0.128. The van der Waals surface area contributed by atoms with Gasteiger partial charge in [0.25, 0.3) is 0 Å². The number of aromatic nitrogens is 3. The predicted octanol–water partition coefficient (Wildman–Crippen LogP) is 4.48. The Bertz CT molecular complexity index is 955. The Kier molecular flexibility index (Phi) is 5.91. The van der Waals surface area contributed by atoms with Crippen LogP contribution in [0.3, 0.4) is 0 Å². The molecule has 140 valence electrons. The third kappa shape index (κ3) is 4.54. The number of thioether (sulfide) groups is 1. The van der Waals surface area contributed by atoms with Crippen LogP contribution in [-0.2, 0) is 11.8 Å². The number of nitrogens with one attached hydrogen (secondary N) is 1. The highest BCUT2D eigenvalue weighted by Crippen LogP contribution is 2.25. The summed E-state index contributed by atoms with van der Waals surface area (Å²) in [6, 6.07) is 14.2. The van der Waals surface area contributed by atoms with Gasteiger partial charge in [-0.2, -0.15) is 0 Å². The molecule has 1 aromatic heterocycles. The summed E-state index contributed by atoms with van der Waals surface area (Å²) in [5.41, 5.74) is 2.33. The van der Waals surface area contributed by atoms with Gasteiger partial charge in [0.05, 0.1) is 11.3 Å². The van der Waals surface area contributed by atoms with E-state index in [1.54, 1.807) is 29.8 Å². The first-order chi connectivity index (χ1) is 13.0. The fraction of sp³-hybridized carbons (Fsp3) is 0.250. The minimum atomic E-state index is -0.354. The number of amides is 1. The topological polar surface area (TPSA) is 59.8 Å². The Labute approximate surface area is 162 Å². The van der Waals surface area contributed by atoms with Crippen molar-refractivity contribution in [3.63, 3.8) is 0 Å². The lowest BCUT2D eigenvalue weighted by Crippen LogP contribution is -2.14. The molecule has 0 atom stereocenters. The molecule has 0 saturated carbocycles. The minimum Gasteiger partial charge on any atom is -0.325 e. The molecule has 0 aliphatic carbocycles. The molecule has 1 amide bonds. The number of carbonyl (C=O) groups excluding carboxylic acids is 1. The monoisotopic (exact) mass is 384 g/mol. The van der Waals surface area contributed by atoms with Crippen LogP contribution in [0.2, 0.25) is 0 Å². The van der Waals surface area contributed by atoms with Crippen LogP contribution in [0.1, 0.15) is 25.3 Å². The van der Waals surface area contributed by atoms with Crippen LogP contribution in [0.5, 0.6) is 0 Å². The molecule has 3 rings (SSSR count). The smallest absolute Gasteiger partial charge is 0.234 e. The molecule has 2 aromatic carbocycles. The highest BCUT2D eigenvalue weighted by atomic mass is 32.2. The molecule has 1 N–H and O–H groups in total. The van der Waals surface area contributed by atoms with Gasteiger partial charge in [-0.1, -0.05) is 49.9 Å². The van der Waals surface area contributed by atoms with E-state index in [1.165, 1.54) is 23.4 Å². The largest absolute Gasteiger partial charge is 0.325 e. The Balaban J connectivity index is 1.65. The van der Waals surface area contributed by atoms with Crippen LogP contribution in [-0.4, -0.2) is 26.4 Å². The van der Waals surface area contributed by atoms with Gasteiger partial charge in [0, 0.05) is 12.7 Å². The number of nitrogens with zero attached hydrogens (tertiary/aromatic N) is 3. The lowest BCUT2D eigenvalue weighted by atomic mass is 10.0. The molecule has 7 heteroatoms. The third-order valence-corrected chi connectivity index (χ3v) is 5.14. The lowest BCUT2D eigenvalue weighted by Gasteiger charge is -2.09. The maximum atomic E-state index is 14.0. The summed E-state index contributed by atoms with van der Waals surface area (Å²) in [4.78, 5) is 12.3. The Hall–Kier alpha value is -2.67. The standard InChI is InChI=1S/C20H21FN4OS/c1-13(2)14-7-6-8-15(11-14)22-18(26)12-27-20-24-23-19(25(20)3)16-9-4-5-10-17(16)21/h4-11,13H,12H2,1-3H3,(H,22,26). The van der Waals surface area contributed by atoms with E-state index < -0.39 is 0 Å². The van der Waals surface area contributed by atoms with Crippen LogP contribution in [0, 0.1) is 5.82 Å². The highest BCUT2D eigenvalue weighted by molar-refractivity contribution is 7.99. The zero-order valence-corrected chi connectivity index (χ0v) is 16.3. The van der Waals surface area contributed by atoms with Gasteiger partial charge in [-0.15, -0.1) is 10.2 Å². The molecule has 0 unspecified atom stereocenters. The van der Waals surface area contributed by atoms with Gasteiger partial charge in [-0.05, 0) is 35.7 Å². The van der Waals surface area contributed by atoms with Crippen molar-refractivity contribution in [2.45, 2.75) is 24.9 Å². The van der Waals surface area contributed by atoms with E-state index in [-0.39, 0.29) is 17.5 Å². The number of anilines is 1. The van der Waals surface area contributed by atoms with E-state index in [9.17, 15) is 9.18 Å². The van der Waals surface area contributed by atoms with Crippen LogP contribution in [0.15, 0.2) is 53.7 Å². The number of halogens is 1. The van der Waals surface area contributed by atoms with Crippen molar-refractivity contribution in [1.82, 2.24) is 14.8 Å².